The van der Waals surface area contributed by atoms with Crippen molar-refractivity contribution >= 4 is 22.6 Å². The Morgan fingerprint density at radius 3 is 2.40 bits per heavy atom. The van der Waals surface area contributed by atoms with E-state index in [-0.39, 0.29) is 18.4 Å². The lowest BCUT2D eigenvalue weighted by Crippen LogP contribution is -2.40. The van der Waals surface area contributed by atoms with Crippen LogP contribution in [0.1, 0.15) is 26.7 Å². The minimum atomic E-state index is -3.29. The van der Waals surface area contributed by atoms with Crippen LogP contribution in [0.5, 0.6) is 0 Å². The van der Waals surface area contributed by atoms with E-state index in [1.807, 2.05) is 13.8 Å². The second kappa shape index (κ2) is 8.29. The molecule has 0 aliphatic heterocycles. The molecular weight excluding hydrogens is 238 g/mol. The van der Waals surface area contributed by atoms with E-state index in [2.05, 4.69) is 4.72 Å². The van der Waals surface area contributed by atoms with Gasteiger partial charge < -0.3 is 5.73 Å². The predicted molar refractivity (Wildman–Crippen MR) is 65.4 cm³/mol. The molecule has 0 aromatic rings. The highest BCUT2D eigenvalue weighted by Gasteiger charge is 2.15. The normalized spacial score (nSPS) is 13.7. The van der Waals surface area contributed by atoms with Crippen LogP contribution in [0.3, 0.4) is 0 Å². The molecule has 0 rings (SSSR count). The van der Waals surface area contributed by atoms with Crippen LogP contribution in [0.15, 0.2) is 0 Å². The zero-order valence-electron chi connectivity index (χ0n) is 9.56. The first-order valence-corrected chi connectivity index (χ1v) is 6.30. The Bertz CT molecular complexity index is 244. The van der Waals surface area contributed by atoms with Gasteiger partial charge in [-0.2, -0.15) is 12.7 Å². The molecule has 5 nitrogen and oxygen atoms in total. The molecule has 0 heterocycles. The summed E-state index contributed by atoms with van der Waals surface area (Å²) in [5.41, 5.74) is 5.51. The first-order chi connectivity index (χ1) is 6.40. The Labute approximate surface area is 99.0 Å². The summed E-state index contributed by atoms with van der Waals surface area (Å²) >= 11 is 0. The number of hydrogen-bond acceptors (Lipinski definition) is 3. The maximum atomic E-state index is 11.5. The number of rotatable bonds is 7. The Morgan fingerprint density at radius 2 is 2.00 bits per heavy atom. The average molecular weight is 260 g/mol. The van der Waals surface area contributed by atoms with Crippen LogP contribution >= 0.6 is 12.4 Å². The lowest BCUT2D eigenvalue weighted by atomic mass is 10.3. The van der Waals surface area contributed by atoms with Crippen molar-refractivity contribution in [2.45, 2.75) is 32.7 Å². The van der Waals surface area contributed by atoms with E-state index in [0.29, 0.717) is 19.5 Å². The zero-order chi connectivity index (χ0) is 11.2. The molecule has 0 aromatic heterocycles. The van der Waals surface area contributed by atoms with Crippen molar-refractivity contribution in [3.05, 3.63) is 0 Å². The first kappa shape index (κ1) is 17.5. The van der Waals surface area contributed by atoms with Gasteiger partial charge in [0.25, 0.3) is 10.2 Å². The van der Waals surface area contributed by atoms with Crippen LogP contribution in [0, 0.1) is 0 Å². The zero-order valence-corrected chi connectivity index (χ0v) is 11.2. The summed E-state index contributed by atoms with van der Waals surface area (Å²) in [4.78, 5) is 0. The third-order valence-electron chi connectivity index (χ3n) is 1.83. The monoisotopic (exact) mass is 259 g/mol. The molecule has 3 N–H and O–H groups in total. The summed E-state index contributed by atoms with van der Waals surface area (Å²) in [6.45, 7) is 4.72. The Morgan fingerprint density at radius 1 is 1.47 bits per heavy atom. The number of nitrogens with one attached hydrogen (secondary N) is 1. The molecule has 0 aromatic carbocycles. The van der Waals surface area contributed by atoms with Gasteiger partial charge >= 0.3 is 0 Å². The molecule has 0 spiro atoms. The van der Waals surface area contributed by atoms with E-state index in [4.69, 9.17) is 5.73 Å². The average Bonchev–Trinajstić information content (AvgIpc) is 2.03. The van der Waals surface area contributed by atoms with Crippen LogP contribution in [0.25, 0.3) is 0 Å². The third kappa shape index (κ3) is 7.98. The smallest absolute Gasteiger partial charge is 0.279 e. The fraction of sp³-hybridized carbons (Fsp3) is 1.00. The maximum absolute atomic E-state index is 11.5. The van der Waals surface area contributed by atoms with Gasteiger partial charge in [-0.05, 0) is 19.8 Å². The SMILES string of the molecule is CCCN(C)S(=O)(=O)NCCC(C)N.Cl. The summed E-state index contributed by atoms with van der Waals surface area (Å²) < 4.78 is 26.8. The number of hydrogen-bond donors (Lipinski definition) is 2. The van der Waals surface area contributed by atoms with E-state index in [9.17, 15) is 8.42 Å². The molecule has 7 heteroatoms. The second-order valence-corrected chi connectivity index (χ2v) is 5.35. The van der Waals surface area contributed by atoms with Gasteiger partial charge in [0.1, 0.15) is 0 Å². The van der Waals surface area contributed by atoms with Gasteiger partial charge in [-0.25, -0.2) is 4.72 Å². The van der Waals surface area contributed by atoms with Gasteiger partial charge in [-0.1, -0.05) is 6.92 Å². The minimum Gasteiger partial charge on any atom is -0.328 e. The Balaban J connectivity index is 0. The van der Waals surface area contributed by atoms with E-state index in [1.165, 1.54) is 4.31 Å². The van der Waals surface area contributed by atoms with Crippen molar-refractivity contribution in [3.8, 4) is 0 Å². The van der Waals surface area contributed by atoms with Crippen molar-refractivity contribution in [1.29, 1.82) is 0 Å². The van der Waals surface area contributed by atoms with Crippen molar-refractivity contribution in [2.75, 3.05) is 20.1 Å². The van der Waals surface area contributed by atoms with E-state index in [0.717, 1.165) is 6.42 Å². The van der Waals surface area contributed by atoms with E-state index in [1.54, 1.807) is 7.05 Å². The van der Waals surface area contributed by atoms with E-state index >= 15 is 0 Å². The number of halogens is 1. The van der Waals surface area contributed by atoms with Gasteiger partial charge in [-0.15, -0.1) is 12.4 Å². The van der Waals surface area contributed by atoms with Gasteiger partial charge in [-0.3, -0.25) is 0 Å². The number of nitrogens with zero attached hydrogens (tertiary/aromatic N) is 1. The Hall–Kier alpha value is 0.120. The molecule has 0 amide bonds. The summed E-state index contributed by atoms with van der Waals surface area (Å²) in [7, 11) is -1.72. The molecule has 1 atom stereocenters. The van der Waals surface area contributed by atoms with Crippen molar-refractivity contribution in [1.82, 2.24) is 9.03 Å². The molecule has 0 saturated heterocycles. The largest absolute Gasteiger partial charge is 0.328 e. The highest BCUT2D eigenvalue weighted by atomic mass is 35.5. The molecule has 94 valence electrons. The summed E-state index contributed by atoms with van der Waals surface area (Å²) in [6, 6.07) is 0.0224. The molecule has 0 radical (unpaired) electrons. The molecule has 0 fully saturated rings. The number of nitrogens with two attached hydrogens (primary N) is 1. The standard InChI is InChI=1S/C8H21N3O2S.ClH/c1-4-7-11(3)14(12,13)10-6-5-8(2)9;/h8,10H,4-7,9H2,1-3H3;1H. The highest BCUT2D eigenvalue weighted by Crippen LogP contribution is 1.95. The fourth-order valence-corrected chi connectivity index (χ4v) is 1.98. The molecule has 1 unspecified atom stereocenters. The highest BCUT2D eigenvalue weighted by molar-refractivity contribution is 7.87. The Kier molecular flexibility index (Phi) is 9.68. The fourth-order valence-electron chi connectivity index (χ4n) is 0.961. The van der Waals surface area contributed by atoms with Crippen molar-refractivity contribution in [3.63, 3.8) is 0 Å². The lowest BCUT2D eigenvalue weighted by Gasteiger charge is -2.17. The quantitative estimate of drug-likeness (QED) is 0.692. The molecule has 0 aliphatic rings. The summed E-state index contributed by atoms with van der Waals surface area (Å²) in [5.74, 6) is 0. The van der Waals surface area contributed by atoms with Gasteiger partial charge in [0, 0.05) is 26.2 Å². The maximum Gasteiger partial charge on any atom is 0.279 e. The van der Waals surface area contributed by atoms with Gasteiger partial charge in [0.15, 0.2) is 0 Å². The summed E-state index contributed by atoms with van der Waals surface area (Å²) in [6.07, 6.45) is 1.46. The minimum absolute atomic E-state index is 0. The van der Waals surface area contributed by atoms with Gasteiger partial charge in [0.2, 0.25) is 0 Å². The van der Waals surface area contributed by atoms with Crippen LogP contribution in [-0.2, 0) is 10.2 Å². The predicted octanol–water partition coefficient (Wildman–Crippen LogP) is 0.322. The lowest BCUT2D eigenvalue weighted by molar-refractivity contribution is 0.455. The third-order valence-corrected chi connectivity index (χ3v) is 3.41. The van der Waals surface area contributed by atoms with Crippen LogP contribution < -0.4 is 10.5 Å². The molecule has 0 saturated carbocycles. The molecule has 0 aliphatic carbocycles. The second-order valence-electron chi connectivity index (χ2n) is 3.49. The van der Waals surface area contributed by atoms with Crippen LogP contribution in [0.4, 0.5) is 0 Å². The van der Waals surface area contributed by atoms with Crippen molar-refractivity contribution in [2.24, 2.45) is 5.73 Å². The van der Waals surface area contributed by atoms with Crippen LogP contribution in [0.2, 0.25) is 0 Å². The summed E-state index contributed by atoms with van der Waals surface area (Å²) in [5, 5.41) is 0. The topological polar surface area (TPSA) is 75.4 Å². The first-order valence-electron chi connectivity index (χ1n) is 4.86. The van der Waals surface area contributed by atoms with Gasteiger partial charge in [0.05, 0.1) is 0 Å². The van der Waals surface area contributed by atoms with Crippen molar-refractivity contribution < 1.29 is 8.42 Å². The van der Waals surface area contributed by atoms with Crippen LogP contribution in [-0.4, -0.2) is 38.9 Å². The molecule has 0 bridgehead atoms. The molecule has 15 heavy (non-hydrogen) atoms. The molecular formula is C8H22ClN3O2S. The van der Waals surface area contributed by atoms with E-state index < -0.39 is 10.2 Å².